The number of nitriles is 1. The number of carboxylic acid groups (broad SMARTS) is 1. The quantitative estimate of drug-likeness (QED) is 0.559. The first kappa shape index (κ1) is 12.1. The number of nitrogens with one attached hydrogen (secondary N) is 1. The van der Waals surface area contributed by atoms with E-state index in [0.29, 0.717) is 0 Å². The number of carbonyl (C=O) groups is 1. The summed E-state index contributed by atoms with van der Waals surface area (Å²) in [6.45, 7) is 0. The van der Waals surface area contributed by atoms with Gasteiger partial charge < -0.3 is 10.4 Å². The van der Waals surface area contributed by atoms with E-state index in [1.165, 1.54) is 13.1 Å². The van der Waals surface area contributed by atoms with Gasteiger partial charge in [0.25, 0.3) is 0 Å². The summed E-state index contributed by atoms with van der Waals surface area (Å²) in [4.78, 5) is 13.7. The van der Waals surface area contributed by atoms with Crippen LogP contribution in [0.5, 0.6) is 0 Å². The molecule has 1 heterocycles. The van der Waals surface area contributed by atoms with Crippen molar-refractivity contribution in [3.8, 4) is 6.07 Å². The summed E-state index contributed by atoms with van der Waals surface area (Å²) >= 11 is 1.60. The number of carboxylic acids is 1. The molecule has 1 rings (SSSR count). The van der Waals surface area contributed by atoms with E-state index in [9.17, 15) is 4.79 Å². The summed E-state index contributed by atoms with van der Waals surface area (Å²) in [5.41, 5.74) is 1.50. The first-order valence-corrected chi connectivity index (χ1v) is 4.49. The SMILES string of the molecule is CNC=C(C#N)C(=O)O.c1cscn1. The van der Waals surface area contributed by atoms with Gasteiger partial charge in [-0.15, -0.1) is 11.3 Å². The monoisotopic (exact) mass is 211 g/mol. The Bertz CT molecular complexity index is 310. The second-order valence-corrected chi connectivity index (χ2v) is 2.69. The molecule has 5 nitrogen and oxygen atoms in total. The summed E-state index contributed by atoms with van der Waals surface area (Å²) in [6.07, 6.45) is 2.90. The highest BCUT2D eigenvalue weighted by Gasteiger charge is 2.02. The van der Waals surface area contributed by atoms with Gasteiger partial charge in [0, 0.05) is 24.8 Å². The Morgan fingerprint density at radius 3 is 2.64 bits per heavy atom. The molecule has 0 aliphatic heterocycles. The first-order chi connectivity index (χ1) is 6.72. The number of hydrogen-bond donors (Lipinski definition) is 2. The maximum absolute atomic E-state index is 9.99. The zero-order valence-electron chi connectivity index (χ0n) is 7.47. The van der Waals surface area contributed by atoms with Crippen LogP contribution in [0.25, 0.3) is 0 Å². The van der Waals surface area contributed by atoms with Crippen molar-refractivity contribution in [1.29, 1.82) is 5.26 Å². The van der Waals surface area contributed by atoms with Crippen molar-refractivity contribution in [2.24, 2.45) is 0 Å². The minimum atomic E-state index is -1.22. The highest BCUT2D eigenvalue weighted by molar-refractivity contribution is 7.07. The normalized spacial score (nSPS) is 9.29. The molecule has 0 bridgehead atoms. The van der Waals surface area contributed by atoms with Crippen molar-refractivity contribution in [3.63, 3.8) is 0 Å². The molecular formula is C8H9N3O2S. The van der Waals surface area contributed by atoms with E-state index in [4.69, 9.17) is 10.4 Å². The Labute approximate surface area is 85.3 Å². The fraction of sp³-hybridized carbons (Fsp3) is 0.125. The number of aliphatic carboxylic acids is 1. The third-order valence-electron chi connectivity index (χ3n) is 0.987. The molecule has 0 atom stereocenters. The van der Waals surface area contributed by atoms with Crippen LogP contribution in [0, 0.1) is 11.3 Å². The molecule has 0 fully saturated rings. The average molecular weight is 211 g/mol. The summed E-state index contributed by atoms with van der Waals surface area (Å²) in [6, 6.07) is 1.50. The Morgan fingerprint density at radius 2 is 2.50 bits per heavy atom. The van der Waals surface area contributed by atoms with Crippen LogP contribution >= 0.6 is 11.3 Å². The lowest BCUT2D eigenvalue weighted by atomic mass is 10.3. The van der Waals surface area contributed by atoms with Crippen LogP contribution < -0.4 is 5.32 Å². The topological polar surface area (TPSA) is 86.0 Å². The minimum Gasteiger partial charge on any atom is -0.477 e. The second-order valence-electron chi connectivity index (χ2n) is 1.94. The van der Waals surface area contributed by atoms with Gasteiger partial charge in [0.15, 0.2) is 5.57 Å². The van der Waals surface area contributed by atoms with Gasteiger partial charge in [0.2, 0.25) is 0 Å². The standard InChI is InChI=1S/C5H6N2O2.C3H3NS/c1-7-3-4(2-6)5(8)9;1-2-5-3-4-1/h3,7H,1H3,(H,8,9);1-3H. The number of aromatic nitrogens is 1. The smallest absolute Gasteiger partial charge is 0.347 e. The predicted octanol–water partition coefficient (Wildman–Crippen LogP) is 0.841. The van der Waals surface area contributed by atoms with E-state index in [1.807, 2.05) is 5.38 Å². The van der Waals surface area contributed by atoms with Crippen molar-refractivity contribution in [2.75, 3.05) is 7.05 Å². The molecule has 6 heteroatoms. The van der Waals surface area contributed by atoms with Crippen molar-refractivity contribution in [2.45, 2.75) is 0 Å². The van der Waals surface area contributed by atoms with Crippen molar-refractivity contribution >= 4 is 17.3 Å². The van der Waals surface area contributed by atoms with Crippen LogP contribution in [0.2, 0.25) is 0 Å². The van der Waals surface area contributed by atoms with Crippen molar-refractivity contribution in [1.82, 2.24) is 10.3 Å². The molecule has 0 aliphatic rings. The largest absolute Gasteiger partial charge is 0.477 e. The van der Waals surface area contributed by atoms with Gasteiger partial charge in [-0.05, 0) is 0 Å². The lowest BCUT2D eigenvalue weighted by Crippen LogP contribution is -2.03. The van der Waals surface area contributed by atoms with Gasteiger partial charge in [-0.2, -0.15) is 5.26 Å². The molecule has 0 spiro atoms. The molecule has 2 N–H and O–H groups in total. The van der Waals surface area contributed by atoms with E-state index in [2.05, 4.69) is 10.3 Å². The van der Waals surface area contributed by atoms with Crippen molar-refractivity contribution < 1.29 is 9.90 Å². The summed E-state index contributed by atoms with van der Waals surface area (Å²) in [5.74, 6) is -1.22. The molecule has 0 aromatic carbocycles. The van der Waals surface area contributed by atoms with Crippen LogP contribution in [-0.4, -0.2) is 23.1 Å². The molecule has 0 saturated heterocycles. The molecule has 0 amide bonds. The summed E-state index contributed by atoms with van der Waals surface area (Å²) in [7, 11) is 1.53. The van der Waals surface area contributed by atoms with Gasteiger partial charge in [0.1, 0.15) is 6.07 Å². The molecular weight excluding hydrogens is 202 g/mol. The number of thiazole rings is 1. The molecule has 1 aromatic heterocycles. The van der Waals surface area contributed by atoms with Crippen LogP contribution in [0.4, 0.5) is 0 Å². The van der Waals surface area contributed by atoms with Gasteiger partial charge in [-0.25, -0.2) is 4.79 Å². The van der Waals surface area contributed by atoms with Crippen molar-refractivity contribution in [3.05, 3.63) is 28.9 Å². The van der Waals surface area contributed by atoms with Crippen LogP contribution in [0.3, 0.4) is 0 Å². The van der Waals surface area contributed by atoms with Gasteiger partial charge in [0.05, 0.1) is 5.51 Å². The Balaban J connectivity index is 0.000000280. The van der Waals surface area contributed by atoms with E-state index in [-0.39, 0.29) is 5.57 Å². The lowest BCUT2D eigenvalue weighted by molar-refractivity contribution is -0.132. The van der Waals surface area contributed by atoms with Gasteiger partial charge in [-0.3, -0.25) is 4.98 Å². The molecule has 14 heavy (non-hydrogen) atoms. The molecule has 0 saturated carbocycles. The summed E-state index contributed by atoms with van der Waals surface area (Å²) in [5, 5.41) is 20.6. The summed E-state index contributed by atoms with van der Waals surface area (Å²) < 4.78 is 0. The Kier molecular flexibility index (Phi) is 6.73. The molecule has 74 valence electrons. The van der Waals surface area contributed by atoms with Crippen LogP contribution in [0.1, 0.15) is 0 Å². The van der Waals surface area contributed by atoms with E-state index in [1.54, 1.807) is 23.0 Å². The Morgan fingerprint density at radius 1 is 1.79 bits per heavy atom. The maximum atomic E-state index is 9.99. The highest BCUT2D eigenvalue weighted by atomic mass is 32.1. The third-order valence-corrected chi connectivity index (χ3v) is 1.51. The fourth-order valence-corrected chi connectivity index (χ4v) is 0.813. The minimum absolute atomic E-state index is 0.294. The predicted molar refractivity (Wildman–Crippen MR) is 52.5 cm³/mol. The third kappa shape index (κ3) is 5.74. The molecule has 0 unspecified atom stereocenters. The van der Waals surface area contributed by atoms with E-state index in [0.717, 1.165) is 6.20 Å². The van der Waals surface area contributed by atoms with Gasteiger partial charge in [-0.1, -0.05) is 0 Å². The molecule has 1 aromatic rings. The zero-order chi connectivity index (χ0) is 10.8. The lowest BCUT2D eigenvalue weighted by Gasteiger charge is -1.86. The average Bonchev–Trinajstić information content (AvgIpc) is 2.71. The fourth-order valence-electron chi connectivity index (χ4n) is 0.462. The number of hydrogen-bond acceptors (Lipinski definition) is 5. The Hall–Kier alpha value is -1.87. The number of nitrogens with zero attached hydrogens (tertiary/aromatic N) is 2. The second kappa shape index (κ2) is 7.76. The van der Waals surface area contributed by atoms with Crippen LogP contribution in [0.15, 0.2) is 28.9 Å². The first-order valence-electron chi connectivity index (χ1n) is 3.55. The molecule has 0 aliphatic carbocycles. The van der Waals surface area contributed by atoms with E-state index < -0.39 is 5.97 Å². The van der Waals surface area contributed by atoms with E-state index >= 15 is 0 Å². The maximum Gasteiger partial charge on any atom is 0.347 e. The molecule has 0 radical (unpaired) electrons. The van der Waals surface area contributed by atoms with Gasteiger partial charge >= 0.3 is 5.97 Å². The highest BCUT2D eigenvalue weighted by Crippen LogP contribution is 1.87. The van der Waals surface area contributed by atoms with Crippen LogP contribution in [-0.2, 0) is 4.79 Å². The zero-order valence-corrected chi connectivity index (χ0v) is 8.28. The number of rotatable bonds is 2.